The van der Waals surface area contributed by atoms with Crippen molar-refractivity contribution in [2.45, 2.75) is 271 Å². The van der Waals surface area contributed by atoms with Crippen molar-refractivity contribution in [3.63, 3.8) is 0 Å². The van der Waals surface area contributed by atoms with Crippen molar-refractivity contribution < 1.29 is 0 Å². The Labute approximate surface area is 318 Å². The fourth-order valence-electron chi connectivity index (χ4n) is 8.07. The van der Waals surface area contributed by atoms with Crippen LogP contribution in [0.5, 0.6) is 0 Å². The highest BCUT2D eigenvalue weighted by Gasteiger charge is 2.18. The van der Waals surface area contributed by atoms with Crippen LogP contribution in [-0.4, -0.2) is 18.1 Å². The van der Waals surface area contributed by atoms with Crippen LogP contribution in [-0.2, 0) is 0 Å². The Bertz CT molecular complexity index is 698. The van der Waals surface area contributed by atoms with Gasteiger partial charge in [0.15, 0.2) is 0 Å². The summed E-state index contributed by atoms with van der Waals surface area (Å²) in [5.74, 6) is 0.941. The number of allylic oxidation sites excluding steroid dienone is 2. The van der Waals surface area contributed by atoms with E-state index in [1.54, 1.807) is 0 Å². The highest BCUT2D eigenvalue weighted by molar-refractivity contribution is 4.95. The van der Waals surface area contributed by atoms with Gasteiger partial charge in [0, 0.05) is 18.8 Å². The minimum Gasteiger partial charge on any atom is -0.310 e. The molecule has 0 aliphatic heterocycles. The SMILES string of the molecule is C=C(CCCCCCCCC(CCCCCCCCC)N(NC)C(=C)CCCCCCCC)CCC(CCCCCC)CCCCCCCC. The molecule has 0 spiro atoms. The molecule has 0 aromatic heterocycles. The zero-order valence-electron chi connectivity index (χ0n) is 35.7. The van der Waals surface area contributed by atoms with Crippen molar-refractivity contribution in [1.29, 1.82) is 0 Å². The summed E-state index contributed by atoms with van der Waals surface area (Å²) in [6.07, 6.45) is 51.0. The van der Waals surface area contributed by atoms with E-state index in [2.05, 4.69) is 58.3 Å². The smallest absolute Gasteiger partial charge is 0.0451 e. The van der Waals surface area contributed by atoms with Crippen LogP contribution in [0.3, 0.4) is 0 Å². The highest BCUT2D eigenvalue weighted by Crippen LogP contribution is 2.27. The van der Waals surface area contributed by atoms with E-state index in [-0.39, 0.29) is 0 Å². The normalized spacial score (nSPS) is 12.7. The molecule has 2 atom stereocenters. The Hall–Kier alpha value is -0.760. The van der Waals surface area contributed by atoms with Crippen molar-refractivity contribution >= 4 is 0 Å². The molecule has 2 unspecified atom stereocenters. The topological polar surface area (TPSA) is 15.3 Å². The molecule has 0 radical (unpaired) electrons. The highest BCUT2D eigenvalue weighted by atomic mass is 15.5. The molecule has 2 heteroatoms. The molecule has 298 valence electrons. The van der Waals surface area contributed by atoms with Gasteiger partial charge in [-0.1, -0.05) is 233 Å². The molecule has 0 aliphatic carbocycles. The van der Waals surface area contributed by atoms with Crippen LogP contribution in [0.15, 0.2) is 24.4 Å². The van der Waals surface area contributed by atoms with Gasteiger partial charge in [0.1, 0.15) is 0 Å². The molecule has 1 N–H and O–H groups in total. The minimum atomic E-state index is 0.600. The van der Waals surface area contributed by atoms with Gasteiger partial charge in [-0.15, -0.1) is 0 Å². The fourth-order valence-corrected chi connectivity index (χ4v) is 8.07. The number of nitrogens with one attached hydrogen (secondary N) is 1. The second-order valence-electron chi connectivity index (χ2n) is 16.5. The standard InChI is InChI=1S/C48H96N2/c1-8-12-16-20-23-29-35-41-48(50(49-7)46(6)38-32-27-21-17-13-9-2)42-36-30-25-24-26-31-37-45(5)43-44-47(39-33-19-15-11-4)40-34-28-22-18-14-10-3/h47-49H,5-6,8-44H2,1-4,7H3. The molecule has 0 bridgehead atoms. The number of hydrazine groups is 1. The van der Waals surface area contributed by atoms with Crippen LogP contribution in [0.4, 0.5) is 0 Å². The summed E-state index contributed by atoms with van der Waals surface area (Å²) in [7, 11) is 2.13. The third kappa shape index (κ3) is 31.9. The summed E-state index contributed by atoms with van der Waals surface area (Å²) in [6, 6.07) is 0.600. The first-order valence-corrected chi connectivity index (χ1v) is 23.3. The molecule has 0 saturated heterocycles. The average molecular weight is 701 g/mol. The predicted octanol–water partition coefficient (Wildman–Crippen LogP) is 17.0. The first-order chi connectivity index (χ1) is 24.5. The molecule has 0 saturated carbocycles. The van der Waals surface area contributed by atoms with Gasteiger partial charge in [-0.2, -0.15) is 0 Å². The van der Waals surface area contributed by atoms with Gasteiger partial charge in [-0.25, -0.2) is 5.43 Å². The Morgan fingerprint density at radius 3 is 1.16 bits per heavy atom. The molecular weight excluding hydrogens is 605 g/mol. The van der Waals surface area contributed by atoms with Crippen LogP contribution < -0.4 is 5.43 Å². The van der Waals surface area contributed by atoms with Crippen LogP contribution in [0.2, 0.25) is 0 Å². The monoisotopic (exact) mass is 701 g/mol. The van der Waals surface area contributed by atoms with E-state index < -0.39 is 0 Å². The quantitative estimate of drug-likeness (QED) is 0.0387. The van der Waals surface area contributed by atoms with E-state index in [9.17, 15) is 0 Å². The van der Waals surface area contributed by atoms with Gasteiger partial charge in [0.05, 0.1) is 0 Å². The molecule has 2 nitrogen and oxygen atoms in total. The van der Waals surface area contributed by atoms with Crippen molar-refractivity contribution in [2.24, 2.45) is 5.92 Å². The van der Waals surface area contributed by atoms with Crippen LogP contribution in [0.1, 0.15) is 265 Å². The second kappa shape index (κ2) is 39.4. The van der Waals surface area contributed by atoms with E-state index in [0.717, 1.165) is 12.3 Å². The number of rotatable bonds is 42. The molecular formula is C48H96N2. The number of unbranched alkanes of at least 4 members (excludes halogenated alkanes) is 24. The lowest BCUT2D eigenvalue weighted by atomic mass is 9.88. The number of nitrogens with zero attached hydrogens (tertiary/aromatic N) is 1. The van der Waals surface area contributed by atoms with E-state index in [1.165, 1.54) is 242 Å². The van der Waals surface area contributed by atoms with Gasteiger partial charge >= 0.3 is 0 Å². The summed E-state index contributed by atoms with van der Waals surface area (Å²) in [5.41, 5.74) is 6.44. The van der Waals surface area contributed by atoms with Gasteiger partial charge in [0.2, 0.25) is 0 Å². The molecule has 0 heterocycles. The van der Waals surface area contributed by atoms with E-state index in [4.69, 9.17) is 0 Å². The van der Waals surface area contributed by atoms with E-state index in [1.807, 2.05) is 0 Å². The van der Waals surface area contributed by atoms with Crippen LogP contribution >= 0.6 is 0 Å². The maximum atomic E-state index is 4.58. The lowest BCUT2D eigenvalue weighted by Crippen LogP contribution is -2.42. The molecule has 0 aromatic carbocycles. The van der Waals surface area contributed by atoms with Crippen molar-refractivity contribution in [2.75, 3.05) is 7.05 Å². The maximum Gasteiger partial charge on any atom is 0.0451 e. The molecule has 0 aliphatic rings. The van der Waals surface area contributed by atoms with Gasteiger partial charge in [-0.3, -0.25) is 0 Å². The number of hydrogen-bond donors (Lipinski definition) is 1. The summed E-state index contributed by atoms with van der Waals surface area (Å²) < 4.78 is 0. The minimum absolute atomic E-state index is 0.600. The van der Waals surface area contributed by atoms with Crippen LogP contribution in [0.25, 0.3) is 0 Å². The molecule has 0 amide bonds. The van der Waals surface area contributed by atoms with Gasteiger partial charge < -0.3 is 5.01 Å². The van der Waals surface area contributed by atoms with E-state index >= 15 is 0 Å². The summed E-state index contributed by atoms with van der Waals surface area (Å²) in [4.78, 5) is 0. The van der Waals surface area contributed by atoms with E-state index in [0.29, 0.717) is 6.04 Å². The molecule has 0 fully saturated rings. The van der Waals surface area contributed by atoms with Gasteiger partial charge in [0.25, 0.3) is 0 Å². The van der Waals surface area contributed by atoms with Crippen molar-refractivity contribution in [1.82, 2.24) is 10.4 Å². The Morgan fingerprint density at radius 2 is 0.740 bits per heavy atom. The Kier molecular flexibility index (Phi) is 38.8. The molecule has 0 aromatic rings. The maximum absolute atomic E-state index is 4.58. The third-order valence-corrected chi connectivity index (χ3v) is 11.6. The second-order valence-corrected chi connectivity index (χ2v) is 16.5. The largest absolute Gasteiger partial charge is 0.310 e. The first kappa shape index (κ1) is 49.2. The van der Waals surface area contributed by atoms with Crippen molar-refractivity contribution in [3.8, 4) is 0 Å². The van der Waals surface area contributed by atoms with Crippen LogP contribution in [0, 0.1) is 5.92 Å². The zero-order chi connectivity index (χ0) is 36.8. The van der Waals surface area contributed by atoms with Crippen molar-refractivity contribution in [3.05, 3.63) is 24.4 Å². The molecule has 0 rings (SSSR count). The summed E-state index contributed by atoms with van der Waals surface area (Å²) in [5, 5.41) is 2.48. The lowest BCUT2D eigenvalue weighted by Gasteiger charge is -2.35. The summed E-state index contributed by atoms with van der Waals surface area (Å²) >= 11 is 0. The Balaban J connectivity index is 4.46. The lowest BCUT2D eigenvalue weighted by molar-refractivity contribution is 0.160. The molecule has 50 heavy (non-hydrogen) atoms. The Morgan fingerprint density at radius 1 is 0.400 bits per heavy atom. The fraction of sp³-hybridized carbons (Fsp3) is 0.917. The summed E-state index contributed by atoms with van der Waals surface area (Å²) in [6.45, 7) is 18.4. The average Bonchev–Trinajstić information content (AvgIpc) is 3.12. The third-order valence-electron chi connectivity index (χ3n) is 11.6. The predicted molar refractivity (Wildman–Crippen MR) is 230 cm³/mol. The first-order valence-electron chi connectivity index (χ1n) is 23.3. The van der Waals surface area contributed by atoms with Gasteiger partial charge in [-0.05, 0) is 57.3 Å². The number of hydrogen-bond acceptors (Lipinski definition) is 2. The zero-order valence-corrected chi connectivity index (χ0v) is 35.7.